The van der Waals surface area contributed by atoms with E-state index in [0.717, 1.165) is 18.2 Å². The summed E-state index contributed by atoms with van der Waals surface area (Å²) in [6.07, 6.45) is 3.30. The van der Waals surface area contributed by atoms with Crippen molar-refractivity contribution < 1.29 is 23.0 Å². The van der Waals surface area contributed by atoms with E-state index < -0.39 is 31.4 Å². The number of aromatic nitrogens is 2. The van der Waals surface area contributed by atoms with E-state index in [2.05, 4.69) is 45.9 Å². The highest BCUT2D eigenvalue weighted by molar-refractivity contribution is 9.10. The van der Waals surface area contributed by atoms with Gasteiger partial charge in [0.25, 0.3) is 0 Å². The Morgan fingerprint density at radius 1 is 1.26 bits per heavy atom. The SMILES string of the molecule is CC(=O)Nc1cc(F)c(Oc2ccnc3c2c(Br)cn3COCC[Si](C)(C)C)c(F)c1. The van der Waals surface area contributed by atoms with Crippen LogP contribution in [0.2, 0.25) is 25.7 Å². The number of amides is 1. The van der Waals surface area contributed by atoms with Crippen LogP contribution in [0.25, 0.3) is 11.0 Å². The summed E-state index contributed by atoms with van der Waals surface area (Å²) in [5.74, 6) is -2.62. The van der Waals surface area contributed by atoms with E-state index in [-0.39, 0.29) is 11.4 Å². The molecule has 0 fully saturated rings. The number of hydrogen-bond acceptors (Lipinski definition) is 4. The molecular formula is C21H24BrF2N3O3Si. The van der Waals surface area contributed by atoms with E-state index in [1.807, 2.05) is 4.57 Å². The maximum atomic E-state index is 14.5. The summed E-state index contributed by atoms with van der Waals surface area (Å²) in [5.41, 5.74) is 0.575. The van der Waals surface area contributed by atoms with Gasteiger partial charge < -0.3 is 19.4 Å². The topological polar surface area (TPSA) is 65.4 Å². The smallest absolute Gasteiger partial charge is 0.221 e. The Bertz CT molecular complexity index is 1090. The first-order chi connectivity index (χ1) is 14.5. The first kappa shape index (κ1) is 23.4. The zero-order valence-electron chi connectivity index (χ0n) is 17.8. The second kappa shape index (κ2) is 9.45. The number of hydrogen-bond donors (Lipinski definition) is 1. The second-order valence-electron chi connectivity index (χ2n) is 8.35. The lowest BCUT2D eigenvalue weighted by atomic mass is 10.2. The van der Waals surface area contributed by atoms with Gasteiger partial charge in [0.1, 0.15) is 18.1 Å². The van der Waals surface area contributed by atoms with Crippen molar-refractivity contribution in [3.8, 4) is 11.5 Å². The van der Waals surface area contributed by atoms with Crippen molar-refractivity contribution >= 4 is 46.6 Å². The lowest BCUT2D eigenvalue weighted by molar-refractivity contribution is -0.114. The molecule has 0 saturated heterocycles. The molecule has 1 amide bonds. The lowest BCUT2D eigenvalue weighted by Crippen LogP contribution is -2.22. The maximum absolute atomic E-state index is 14.5. The van der Waals surface area contributed by atoms with Gasteiger partial charge in [0, 0.05) is 56.3 Å². The first-order valence-corrected chi connectivity index (χ1v) is 14.2. The Labute approximate surface area is 188 Å². The molecule has 2 aromatic heterocycles. The van der Waals surface area contributed by atoms with Crippen LogP contribution in [-0.4, -0.2) is 30.1 Å². The molecule has 0 saturated carbocycles. The van der Waals surface area contributed by atoms with Crippen molar-refractivity contribution in [2.75, 3.05) is 11.9 Å². The van der Waals surface area contributed by atoms with Crippen LogP contribution in [0.3, 0.4) is 0 Å². The second-order valence-corrected chi connectivity index (χ2v) is 14.8. The number of anilines is 1. The lowest BCUT2D eigenvalue weighted by Gasteiger charge is -2.15. The van der Waals surface area contributed by atoms with E-state index in [9.17, 15) is 13.6 Å². The fraction of sp³-hybridized carbons (Fsp3) is 0.333. The Hall–Kier alpha value is -2.30. The average Bonchev–Trinajstić information content (AvgIpc) is 2.97. The minimum Gasteiger partial charge on any atom is -0.450 e. The Balaban J connectivity index is 1.86. The first-order valence-electron chi connectivity index (χ1n) is 9.71. The van der Waals surface area contributed by atoms with Crippen LogP contribution in [0.15, 0.2) is 35.1 Å². The van der Waals surface area contributed by atoms with Crippen molar-refractivity contribution in [2.24, 2.45) is 0 Å². The van der Waals surface area contributed by atoms with E-state index in [0.29, 0.717) is 28.8 Å². The number of nitrogens with zero attached hydrogens (tertiary/aromatic N) is 2. The number of nitrogens with one attached hydrogen (secondary N) is 1. The molecule has 166 valence electrons. The Morgan fingerprint density at radius 3 is 2.55 bits per heavy atom. The number of benzene rings is 1. The monoisotopic (exact) mass is 511 g/mol. The number of carbonyl (C=O) groups is 1. The van der Waals surface area contributed by atoms with Gasteiger partial charge >= 0.3 is 0 Å². The van der Waals surface area contributed by atoms with Gasteiger partial charge in [-0.3, -0.25) is 4.79 Å². The summed E-state index contributed by atoms with van der Waals surface area (Å²) in [7, 11) is -1.19. The molecule has 1 aromatic carbocycles. The molecule has 10 heteroatoms. The number of ether oxygens (including phenoxy) is 2. The molecule has 0 radical (unpaired) electrons. The van der Waals surface area contributed by atoms with Crippen LogP contribution < -0.4 is 10.1 Å². The largest absolute Gasteiger partial charge is 0.450 e. The predicted molar refractivity (Wildman–Crippen MR) is 122 cm³/mol. The minimum atomic E-state index is -1.19. The quantitative estimate of drug-likeness (QED) is 0.291. The molecule has 3 rings (SSSR count). The molecule has 2 heterocycles. The van der Waals surface area contributed by atoms with E-state index in [4.69, 9.17) is 9.47 Å². The summed E-state index contributed by atoms with van der Waals surface area (Å²) in [6.45, 7) is 9.06. The molecular weight excluding hydrogens is 488 g/mol. The van der Waals surface area contributed by atoms with Gasteiger partial charge in [-0.2, -0.15) is 0 Å². The third-order valence-electron chi connectivity index (χ3n) is 4.43. The average molecular weight is 512 g/mol. The Kier molecular flexibility index (Phi) is 7.12. The number of fused-ring (bicyclic) bond motifs is 1. The maximum Gasteiger partial charge on any atom is 0.221 e. The van der Waals surface area contributed by atoms with Crippen LogP contribution in [-0.2, 0) is 16.3 Å². The zero-order valence-corrected chi connectivity index (χ0v) is 20.3. The molecule has 3 aromatic rings. The summed E-state index contributed by atoms with van der Waals surface area (Å²) >= 11 is 3.47. The molecule has 0 unspecified atom stereocenters. The van der Waals surface area contributed by atoms with Crippen molar-refractivity contribution in [3.05, 3.63) is 46.7 Å². The standard InChI is InChI=1S/C21H24BrF2N3O3Si/c1-13(28)26-14-9-16(23)20(17(24)10-14)30-18-5-6-25-21-19(18)15(22)11-27(21)12-29-7-8-31(2,3)4/h5-6,9-11H,7-8,12H2,1-4H3,(H,26,28). The summed E-state index contributed by atoms with van der Waals surface area (Å²) < 4.78 is 42.8. The third kappa shape index (κ3) is 5.90. The van der Waals surface area contributed by atoms with Gasteiger partial charge in [-0.15, -0.1) is 0 Å². The van der Waals surface area contributed by atoms with Crippen LogP contribution in [0.1, 0.15) is 6.92 Å². The van der Waals surface area contributed by atoms with Gasteiger partial charge in [-0.1, -0.05) is 19.6 Å². The summed E-state index contributed by atoms with van der Waals surface area (Å²) in [4.78, 5) is 15.5. The van der Waals surface area contributed by atoms with Crippen molar-refractivity contribution in [3.63, 3.8) is 0 Å². The minimum absolute atomic E-state index is 0.0116. The molecule has 0 atom stereocenters. The highest BCUT2D eigenvalue weighted by atomic mass is 79.9. The predicted octanol–water partition coefficient (Wildman–Crippen LogP) is 6.14. The van der Waals surface area contributed by atoms with Gasteiger partial charge in [0.2, 0.25) is 5.91 Å². The molecule has 31 heavy (non-hydrogen) atoms. The van der Waals surface area contributed by atoms with Crippen LogP contribution in [0, 0.1) is 11.6 Å². The van der Waals surface area contributed by atoms with E-state index in [1.54, 1.807) is 6.20 Å². The van der Waals surface area contributed by atoms with Crippen molar-refractivity contribution in [1.29, 1.82) is 0 Å². The highest BCUT2D eigenvalue weighted by Gasteiger charge is 2.19. The molecule has 0 aliphatic heterocycles. The van der Waals surface area contributed by atoms with Crippen molar-refractivity contribution in [2.45, 2.75) is 39.3 Å². The van der Waals surface area contributed by atoms with Gasteiger partial charge in [-0.25, -0.2) is 13.8 Å². The van der Waals surface area contributed by atoms with Crippen LogP contribution in [0.4, 0.5) is 14.5 Å². The highest BCUT2D eigenvalue weighted by Crippen LogP contribution is 2.37. The van der Waals surface area contributed by atoms with Gasteiger partial charge in [0.05, 0.1) is 5.39 Å². The van der Waals surface area contributed by atoms with Crippen LogP contribution in [0.5, 0.6) is 11.5 Å². The molecule has 0 aliphatic rings. The fourth-order valence-electron chi connectivity index (χ4n) is 2.91. The zero-order chi connectivity index (χ0) is 22.8. The fourth-order valence-corrected chi connectivity index (χ4v) is 4.28. The molecule has 0 aliphatic carbocycles. The summed E-state index contributed by atoms with van der Waals surface area (Å²) in [6, 6.07) is 4.59. The number of halogens is 3. The number of pyridine rings is 1. The van der Waals surface area contributed by atoms with Gasteiger partial charge in [-0.05, 0) is 28.0 Å². The summed E-state index contributed by atoms with van der Waals surface area (Å²) in [5, 5.41) is 2.92. The van der Waals surface area contributed by atoms with Gasteiger partial charge in [0.15, 0.2) is 17.4 Å². The number of rotatable bonds is 8. The molecule has 6 nitrogen and oxygen atoms in total. The molecule has 0 bridgehead atoms. The Morgan fingerprint density at radius 2 is 1.94 bits per heavy atom. The van der Waals surface area contributed by atoms with E-state index in [1.165, 1.54) is 19.2 Å². The normalized spacial score (nSPS) is 11.7. The van der Waals surface area contributed by atoms with Crippen LogP contribution >= 0.6 is 15.9 Å². The third-order valence-corrected chi connectivity index (χ3v) is 6.74. The number of carbonyl (C=O) groups excluding carboxylic acids is 1. The molecule has 0 spiro atoms. The van der Waals surface area contributed by atoms with Crippen molar-refractivity contribution in [1.82, 2.24) is 9.55 Å². The van der Waals surface area contributed by atoms with E-state index >= 15 is 0 Å². The molecule has 1 N–H and O–H groups in total.